The summed E-state index contributed by atoms with van der Waals surface area (Å²) >= 11 is 6.99. The SMILES string of the molecule is CCCN[C@H](C(=O)N[C@@H](CC(=O)OC(c1ccccc1)(c1ccc(C2CCCCCCCC2)cc1)c1ccccc1Cl)C(=O)N1CCCC1)C(C)C. The quantitative estimate of drug-likeness (QED) is 0.128. The molecule has 1 unspecified atom stereocenters. The molecule has 0 radical (unpaired) electrons. The van der Waals surface area contributed by atoms with Crippen LogP contribution in [0.2, 0.25) is 5.02 Å². The fourth-order valence-corrected chi connectivity index (χ4v) is 8.22. The number of likely N-dealkylation sites (tertiary alicyclic amines) is 1. The minimum atomic E-state index is -1.41. The lowest BCUT2D eigenvalue weighted by molar-refractivity contribution is -0.156. The molecule has 2 fully saturated rings. The molecular weight excluding hydrogens is 670 g/mol. The topological polar surface area (TPSA) is 87.7 Å². The maximum atomic E-state index is 14.5. The van der Waals surface area contributed by atoms with Gasteiger partial charge in [-0.1, -0.05) is 144 Å². The van der Waals surface area contributed by atoms with Gasteiger partial charge in [-0.15, -0.1) is 0 Å². The number of carbonyl (C=O) groups excluding carboxylic acids is 3. The van der Waals surface area contributed by atoms with E-state index in [1.54, 1.807) is 4.90 Å². The largest absolute Gasteiger partial charge is 0.444 e. The van der Waals surface area contributed by atoms with Gasteiger partial charge in [-0.2, -0.15) is 0 Å². The van der Waals surface area contributed by atoms with Crippen molar-refractivity contribution in [2.24, 2.45) is 5.92 Å². The van der Waals surface area contributed by atoms with Crippen LogP contribution in [-0.2, 0) is 24.7 Å². The summed E-state index contributed by atoms with van der Waals surface area (Å²) in [6.45, 7) is 7.86. The molecule has 7 nitrogen and oxygen atoms in total. The first-order valence-electron chi connectivity index (χ1n) is 19.7. The highest BCUT2D eigenvalue weighted by atomic mass is 35.5. The summed E-state index contributed by atoms with van der Waals surface area (Å²) in [6.07, 6.45) is 12.3. The average molecular weight is 728 g/mol. The Morgan fingerprint density at radius 3 is 2.02 bits per heavy atom. The van der Waals surface area contributed by atoms with Crippen molar-refractivity contribution in [3.63, 3.8) is 0 Å². The molecule has 280 valence electrons. The average Bonchev–Trinajstić information content (AvgIpc) is 3.73. The fourth-order valence-electron chi connectivity index (χ4n) is 7.96. The number of benzene rings is 3. The van der Waals surface area contributed by atoms with Crippen LogP contribution in [0.4, 0.5) is 0 Å². The summed E-state index contributed by atoms with van der Waals surface area (Å²) in [4.78, 5) is 43.9. The molecule has 1 heterocycles. The number of nitrogens with zero attached hydrogens (tertiary/aromatic N) is 1. The molecule has 1 saturated heterocycles. The number of esters is 1. The number of ether oxygens (including phenoxy) is 1. The first kappa shape index (κ1) is 39.5. The standard InChI is InChI=1S/C44H58ClN3O4/c1-4-28-46-41(32(2)3)42(50)47-39(43(51)48-29-16-17-30-48)31-40(49)52-44(35-20-12-9-13-21-35,37-22-14-15-23-38(37)45)36-26-24-34(25-27-36)33-18-10-7-5-6-8-11-19-33/h9,12-15,20-27,32-33,39,41,46H,4-8,10-11,16-19,28-31H2,1-3H3,(H,47,50)/t39-,41-,44?/m0/s1. The van der Waals surface area contributed by atoms with Crippen LogP contribution in [0.1, 0.15) is 126 Å². The van der Waals surface area contributed by atoms with Crippen molar-refractivity contribution in [1.82, 2.24) is 15.5 Å². The molecule has 3 atom stereocenters. The molecule has 3 aromatic rings. The highest BCUT2D eigenvalue weighted by Gasteiger charge is 2.43. The highest BCUT2D eigenvalue weighted by molar-refractivity contribution is 6.31. The van der Waals surface area contributed by atoms with Gasteiger partial charge in [0.1, 0.15) is 6.04 Å². The molecule has 1 saturated carbocycles. The van der Waals surface area contributed by atoms with Crippen LogP contribution in [0.5, 0.6) is 0 Å². The Labute approximate surface area is 316 Å². The Bertz CT molecular complexity index is 1580. The second-order valence-corrected chi connectivity index (χ2v) is 15.4. The summed E-state index contributed by atoms with van der Waals surface area (Å²) in [7, 11) is 0. The fraction of sp³-hybridized carbons (Fsp3) is 0.523. The van der Waals surface area contributed by atoms with Crippen molar-refractivity contribution in [1.29, 1.82) is 0 Å². The smallest absolute Gasteiger partial charge is 0.310 e. The van der Waals surface area contributed by atoms with E-state index in [4.69, 9.17) is 16.3 Å². The van der Waals surface area contributed by atoms with Gasteiger partial charge in [-0.05, 0) is 62.1 Å². The Morgan fingerprint density at radius 1 is 0.808 bits per heavy atom. The minimum absolute atomic E-state index is 0.0122. The maximum Gasteiger partial charge on any atom is 0.310 e. The second-order valence-electron chi connectivity index (χ2n) is 15.0. The van der Waals surface area contributed by atoms with E-state index >= 15 is 0 Å². The lowest BCUT2D eigenvalue weighted by Crippen LogP contribution is -2.55. The van der Waals surface area contributed by atoms with Crippen LogP contribution in [0.3, 0.4) is 0 Å². The molecule has 0 spiro atoms. The lowest BCUT2D eigenvalue weighted by Gasteiger charge is -2.36. The van der Waals surface area contributed by atoms with Crippen molar-refractivity contribution in [2.75, 3.05) is 19.6 Å². The number of amides is 2. The maximum absolute atomic E-state index is 14.5. The summed E-state index contributed by atoms with van der Waals surface area (Å²) < 4.78 is 6.75. The van der Waals surface area contributed by atoms with Gasteiger partial charge in [-0.25, -0.2) is 0 Å². The number of rotatable bonds is 14. The van der Waals surface area contributed by atoms with E-state index in [2.05, 4.69) is 34.9 Å². The molecule has 1 aliphatic carbocycles. The van der Waals surface area contributed by atoms with Gasteiger partial charge < -0.3 is 20.3 Å². The van der Waals surface area contributed by atoms with Crippen molar-refractivity contribution in [3.8, 4) is 0 Å². The number of carbonyl (C=O) groups is 3. The van der Waals surface area contributed by atoms with Gasteiger partial charge >= 0.3 is 5.97 Å². The number of hydrogen-bond donors (Lipinski definition) is 2. The lowest BCUT2D eigenvalue weighted by atomic mass is 9.78. The molecule has 2 aliphatic rings. The third-order valence-corrected chi connectivity index (χ3v) is 11.1. The van der Waals surface area contributed by atoms with E-state index in [-0.39, 0.29) is 24.2 Å². The molecule has 0 aromatic heterocycles. The zero-order valence-electron chi connectivity index (χ0n) is 31.4. The zero-order valence-corrected chi connectivity index (χ0v) is 32.1. The predicted octanol–water partition coefficient (Wildman–Crippen LogP) is 8.91. The summed E-state index contributed by atoms with van der Waals surface area (Å²) in [5, 5.41) is 6.74. The molecule has 2 N–H and O–H groups in total. The van der Waals surface area contributed by atoms with Gasteiger partial charge in [-0.3, -0.25) is 14.4 Å². The number of nitrogens with one attached hydrogen (secondary N) is 2. The molecule has 52 heavy (non-hydrogen) atoms. The highest BCUT2D eigenvalue weighted by Crippen LogP contribution is 2.44. The van der Waals surface area contributed by atoms with Crippen LogP contribution in [-0.4, -0.2) is 54.4 Å². The zero-order chi connectivity index (χ0) is 36.9. The third-order valence-electron chi connectivity index (χ3n) is 10.8. The van der Waals surface area contributed by atoms with E-state index < -0.39 is 23.7 Å². The summed E-state index contributed by atoms with van der Waals surface area (Å²) in [5.41, 5.74) is 2.01. The third kappa shape index (κ3) is 9.84. The summed E-state index contributed by atoms with van der Waals surface area (Å²) in [6, 6.07) is 24.1. The Balaban J connectivity index is 1.53. The van der Waals surface area contributed by atoms with Gasteiger partial charge in [0.25, 0.3) is 0 Å². The Morgan fingerprint density at radius 2 is 1.40 bits per heavy atom. The van der Waals surface area contributed by atoms with Crippen LogP contribution < -0.4 is 10.6 Å². The van der Waals surface area contributed by atoms with Crippen LogP contribution >= 0.6 is 11.6 Å². The van der Waals surface area contributed by atoms with E-state index in [0.29, 0.717) is 36.1 Å². The molecule has 1 aliphatic heterocycles. The van der Waals surface area contributed by atoms with E-state index in [1.165, 1.54) is 56.9 Å². The number of halogens is 1. The molecule has 8 heteroatoms. The van der Waals surface area contributed by atoms with Gasteiger partial charge in [0.15, 0.2) is 5.60 Å². The number of hydrogen-bond acceptors (Lipinski definition) is 5. The van der Waals surface area contributed by atoms with E-state index in [9.17, 15) is 14.4 Å². The Hall–Kier alpha value is -3.68. The second kappa shape index (κ2) is 19.4. The van der Waals surface area contributed by atoms with Gasteiger partial charge in [0, 0.05) is 34.8 Å². The molecular formula is C44H58ClN3O4. The van der Waals surface area contributed by atoms with Gasteiger partial charge in [0.05, 0.1) is 12.5 Å². The van der Waals surface area contributed by atoms with Crippen LogP contribution in [0.15, 0.2) is 78.9 Å². The predicted molar refractivity (Wildman–Crippen MR) is 209 cm³/mol. The monoisotopic (exact) mass is 727 g/mol. The summed E-state index contributed by atoms with van der Waals surface area (Å²) in [5.74, 6) is -0.687. The van der Waals surface area contributed by atoms with E-state index in [0.717, 1.165) is 30.4 Å². The van der Waals surface area contributed by atoms with Crippen LogP contribution in [0, 0.1) is 5.92 Å². The van der Waals surface area contributed by atoms with Crippen molar-refractivity contribution in [3.05, 3.63) is 106 Å². The first-order valence-corrected chi connectivity index (χ1v) is 20.1. The van der Waals surface area contributed by atoms with Crippen molar-refractivity contribution < 1.29 is 19.1 Å². The minimum Gasteiger partial charge on any atom is -0.444 e. The molecule has 2 amide bonds. The molecule has 0 bridgehead atoms. The molecule has 3 aromatic carbocycles. The van der Waals surface area contributed by atoms with Gasteiger partial charge in [0.2, 0.25) is 11.8 Å². The Kier molecular flexibility index (Phi) is 14.8. The molecule has 5 rings (SSSR count). The van der Waals surface area contributed by atoms with Crippen molar-refractivity contribution >= 4 is 29.4 Å². The van der Waals surface area contributed by atoms with Crippen molar-refractivity contribution in [2.45, 2.75) is 121 Å². The van der Waals surface area contributed by atoms with Crippen LogP contribution in [0.25, 0.3) is 0 Å². The first-order chi connectivity index (χ1) is 25.2. The van der Waals surface area contributed by atoms with E-state index in [1.807, 2.05) is 75.4 Å². The normalized spacial score (nSPS) is 18.1.